The fraction of sp³-hybridized carbons (Fsp3) is 0.588. The maximum absolute atomic E-state index is 13.0. The summed E-state index contributed by atoms with van der Waals surface area (Å²) in [5.41, 5.74) is 0.297. The van der Waals surface area contributed by atoms with E-state index in [-0.39, 0.29) is 5.78 Å². The second-order valence-corrected chi connectivity index (χ2v) is 5.68. The second-order valence-electron chi connectivity index (χ2n) is 5.68. The van der Waals surface area contributed by atoms with Gasteiger partial charge >= 0.3 is 0 Å². The Hall–Kier alpha value is -1.39. The Kier molecular flexibility index (Phi) is 5.37. The fourth-order valence-electron chi connectivity index (χ4n) is 3.01. The molecule has 0 spiro atoms. The standard InChI is InChI=1S/C17H25NO3/c1-4-9-17(2,18-10-12-21-13-11-18)16(19)14-5-7-15(20-3)8-6-14/h5-8H,4,9-13H2,1-3H3. The summed E-state index contributed by atoms with van der Waals surface area (Å²) in [4.78, 5) is 15.3. The van der Waals surface area contributed by atoms with E-state index in [4.69, 9.17) is 9.47 Å². The molecule has 116 valence electrons. The number of rotatable bonds is 6. The number of hydrogen-bond donors (Lipinski definition) is 0. The third-order valence-corrected chi connectivity index (χ3v) is 4.29. The van der Waals surface area contributed by atoms with E-state index in [1.807, 2.05) is 24.3 Å². The molecular formula is C17H25NO3. The molecule has 1 aliphatic heterocycles. The fourth-order valence-corrected chi connectivity index (χ4v) is 3.01. The molecule has 1 aromatic carbocycles. The molecule has 0 radical (unpaired) electrons. The van der Waals surface area contributed by atoms with Crippen molar-refractivity contribution in [3.8, 4) is 5.75 Å². The molecule has 1 fully saturated rings. The largest absolute Gasteiger partial charge is 0.497 e. The molecule has 1 atom stereocenters. The third-order valence-electron chi connectivity index (χ3n) is 4.29. The Morgan fingerprint density at radius 3 is 2.43 bits per heavy atom. The minimum atomic E-state index is -0.451. The van der Waals surface area contributed by atoms with Gasteiger partial charge in [-0.25, -0.2) is 0 Å². The predicted octanol–water partition coefficient (Wildman–Crippen LogP) is 2.77. The predicted molar refractivity (Wildman–Crippen MR) is 83.0 cm³/mol. The zero-order valence-corrected chi connectivity index (χ0v) is 13.2. The van der Waals surface area contributed by atoms with Gasteiger partial charge in [0.25, 0.3) is 0 Å². The molecule has 1 saturated heterocycles. The Balaban J connectivity index is 2.24. The highest BCUT2D eigenvalue weighted by Gasteiger charge is 2.39. The first-order valence-corrected chi connectivity index (χ1v) is 7.63. The van der Waals surface area contributed by atoms with E-state index in [0.29, 0.717) is 13.2 Å². The first-order valence-electron chi connectivity index (χ1n) is 7.63. The normalized spacial score (nSPS) is 19.0. The van der Waals surface area contributed by atoms with E-state index in [0.717, 1.165) is 37.2 Å². The Bertz CT molecular complexity index is 465. The quantitative estimate of drug-likeness (QED) is 0.756. The van der Waals surface area contributed by atoms with Crippen molar-refractivity contribution in [3.05, 3.63) is 29.8 Å². The van der Waals surface area contributed by atoms with Gasteiger partial charge in [0, 0.05) is 18.7 Å². The summed E-state index contributed by atoms with van der Waals surface area (Å²) < 4.78 is 10.6. The van der Waals surface area contributed by atoms with Crippen LogP contribution in [0.25, 0.3) is 0 Å². The van der Waals surface area contributed by atoms with Crippen LogP contribution in [0.1, 0.15) is 37.0 Å². The lowest BCUT2D eigenvalue weighted by Crippen LogP contribution is -2.56. The van der Waals surface area contributed by atoms with Crippen LogP contribution >= 0.6 is 0 Å². The molecule has 0 aliphatic carbocycles. The van der Waals surface area contributed by atoms with Crippen LogP contribution < -0.4 is 4.74 Å². The number of carbonyl (C=O) groups excluding carboxylic acids is 1. The van der Waals surface area contributed by atoms with Gasteiger partial charge in [0.15, 0.2) is 5.78 Å². The van der Waals surface area contributed by atoms with E-state index in [1.165, 1.54) is 0 Å². The van der Waals surface area contributed by atoms with Crippen LogP contribution in [0.3, 0.4) is 0 Å². The van der Waals surface area contributed by atoms with Crippen molar-refractivity contribution in [2.75, 3.05) is 33.4 Å². The molecule has 1 heterocycles. The van der Waals surface area contributed by atoms with Gasteiger partial charge in [-0.15, -0.1) is 0 Å². The SMILES string of the molecule is CCCC(C)(C(=O)c1ccc(OC)cc1)N1CCOCC1. The van der Waals surface area contributed by atoms with E-state index in [1.54, 1.807) is 7.11 Å². The van der Waals surface area contributed by atoms with Gasteiger partial charge in [0.05, 0.1) is 25.9 Å². The molecular weight excluding hydrogens is 266 g/mol. The highest BCUT2D eigenvalue weighted by molar-refractivity contribution is 6.03. The van der Waals surface area contributed by atoms with Gasteiger partial charge in [0.1, 0.15) is 5.75 Å². The van der Waals surface area contributed by atoms with Crippen molar-refractivity contribution in [1.82, 2.24) is 4.90 Å². The summed E-state index contributed by atoms with van der Waals surface area (Å²) in [5, 5.41) is 0. The number of hydrogen-bond acceptors (Lipinski definition) is 4. The van der Waals surface area contributed by atoms with Gasteiger partial charge in [-0.3, -0.25) is 9.69 Å². The molecule has 1 aromatic rings. The maximum atomic E-state index is 13.0. The van der Waals surface area contributed by atoms with Gasteiger partial charge in [0.2, 0.25) is 0 Å². The number of methoxy groups -OCH3 is 1. The minimum Gasteiger partial charge on any atom is -0.497 e. The summed E-state index contributed by atoms with van der Waals surface area (Å²) in [7, 11) is 1.63. The number of carbonyl (C=O) groups is 1. The van der Waals surface area contributed by atoms with Gasteiger partial charge < -0.3 is 9.47 Å². The summed E-state index contributed by atoms with van der Waals surface area (Å²) in [6, 6.07) is 7.41. The number of ketones is 1. The number of ether oxygens (including phenoxy) is 2. The molecule has 0 bridgehead atoms. The Labute approximate surface area is 127 Å². The average Bonchev–Trinajstić information content (AvgIpc) is 2.55. The van der Waals surface area contributed by atoms with Gasteiger partial charge in [-0.1, -0.05) is 13.3 Å². The summed E-state index contributed by atoms with van der Waals surface area (Å²) in [5.74, 6) is 0.962. The monoisotopic (exact) mass is 291 g/mol. The van der Waals surface area contributed by atoms with E-state index >= 15 is 0 Å². The number of morpholine rings is 1. The number of nitrogens with zero attached hydrogens (tertiary/aromatic N) is 1. The van der Waals surface area contributed by atoms with Crippen molar-refractivity contribution >= 4 is 5.78 Å². The maximum Gasteiger partial charge on any atom is 0.182 e. The van der Waals surface area contributed by atoms with Crippen LogP contribution in [0, 0.1) is 0 Å². The lowest BCUT2D eigenvalue weighted by Gasteiger charge is -2.42. The van der Waals surface area contributed by atoms with Crippen molar-refractivity contribution < 1.29 is 14.3 Å². The topological polar surface area (TPSA) is 38.8 Å². The molecule has 2 rings (SSSR count). The molecule has 0 aromatic heterocycles. The number of Topliss-reactive ketones (excluding diaryl/α,β-unsaturated/α-hetero) is 1. The highest BCUT2D eigenvalue weighted by atomic mass is 16.5. The van der Waals surface area contributed by atoms with Crippen LogP contribution in [0.5, 0.6) is 5.75 Å². The third kappa shape index (κ3) is 3.44. The first-order chi connectivity index (χ1) is 10.1. The molecule has 0 amide bonds. The van der Waals surface area contributed by atoms with Crippen LogP contribution in [0.2, 0.25) is 0 Å². The molecule has 1 aliphatic rings. The van der Waals surface area contributed by atoms with Gasteiger partial charge in [-0.2, -0.15) is 0 Å². The Morgan fingerprint density at radius 2 is 1.90 bits per heavy atom. The lowest BCUT2D eigenvalue weighted by molar-refractivity contribution is -0.0122. The van der Waals surface area contributed by atoms with Crippen LogP contribution in [-0.4, -0.2) is 49.6 Å². The molecule has 1 unspecified atom stereocenters. The highest BCUT2D eigenvalue weighted by Crippen LogP contribution is 2.28. The molecule has 4 nitrogen and oxygen atoms in total. The summed E-state index contributed by atoms with van der Waals surface area (Å²) in [6.07, 6.45) is 1.84. The molecule has 4 heteroatoms. The van der Waals surface area contributed by atoms with Gasteiger partial charge in [-0.05, 0) is 37.6 Å². The summed E-state index contributed by atoms with van der Waals surface area (Å²) in [6.45, 7) is 7.23. The van der Waals surface area contributed by atoms with E-state index < -0.39 is 5.54 Å². The second kappa shape index (κ2) is 7.05. The van der Waals surface area contributed by atoms with Crippen molar-refractivity contribution in [2.24, 2.45) is 0 Å². The van der Waals surface area contributed by atoms with Crippen molar-refractivity contribution in [2.45, 2.75) is 32.2 Å². The molecule has 21 heavy (non-hydrogen) atoms. The van der Waals surface area contributed by atoms with Crippen LogP contribution in [0.4, 0.5) is 0 Å². The van der Waals surface area contributed by atoms with Crippen LogP contribution in [0.15, 0.2) is 24.3 Å². The smallest absolute Gasteiger partial charge is 0.182 e. The zero-order valence-electron chi connectivity index (χ0n) is 13.2. The van der Waals surface area contributed by atoms with E-state index in [2.05, 4.69) is 18.7 Å². The van der Waals surface area contributed by atoms with Crippen molar-refractivity contribution in [3.63, 3.8) is 0 Å². The van der Waals surface area contributed by atoms with E-state index in [9.17, 15) is 4.79 Å². The summed E-state index contributed by atoms with van der Waals surface area (Å²) >= 11 is 0. The molecule has 0 saturated carbocycles. The number of benzene rings is 1. The first kappa shape index (κ1) is 16.0. The average molecular weight is 291 g/mol. The Morgan fingerprint density at radius 1 is 1.29 bits per heavy atom. The lowest BCUT2D eigenvalue weighted by atomic mass is 9.85. The van der Waals surface area contributed by atoms with Crippen LogP contribution in [-0.2, 0) is 4.74 Å². The minimum absolute atomic E-state index is 0.189. The molecule has 0 N–H and O–H groups in total. The zero-order chi connectivity index (χ0) is 15.3. The van der Waals surface area contributed by atoms with Crippen molar-refractivity contribution in [1.29, 1.82) is 0 Å².